The number of rotatable bonds is 6. The van der Waals surface area contributed by atoms with Crippen LogP contribution in [0.3, 0.4) is 0 Å². The van der Waals surface area contributed by atoms with Crippen LogP contribution in [0.1, 0.15) is 40.4 Å². The molecule has 0 spiro atoms. The van der Waals surface area contributed by atoms with Gasteiger partial charge in [0.25, 0.3) is 0 Å². The van der Waals surface area contributed by atoms with E-state index in [1.807, 2.05) is 45.5 Å². The molecular weight excluding hydrogens is 394 g/mol. The molecule has 28 heavy (non-hydrogen) atoms. The quantitative estimate of drug-likeness (QED) is 0.663. The SMILES string of the molecule is Cc1cc(-c2cc(S(=O)(=O)N(Cc3c(C)nn(C)c3C)C3CC3)c(C)s2)n[nH]1. The number of thiophene rings is 1. The average molecular weight is 420 g/mol. The van der Waals surface area contributed by atoms with E-state index in [2.05, 4.69) is 15.3 Å². The summed E-state index contributed by atoms with van der Waals surface area (Å²) in [6.45, 7) is 8.09. The topological polar surface area (TPSA) is 83.9 Å². The number of nitrogens with one attached hydrogen (secondary N) is 1. The van der Waals surface area contributed by atoms with E-state index in [1.54, 1.807) is 10.4 Å². The van der Waals surface area contributed by atoms with Crippen molar-refractivity contribution in [3.63, 3.8) is 0 Å². The Morgan fingerprint density at radius 1 is 1.25 bits per heavy atom. The van der Waals surface area contributed by atoms with Crippen molar-refractivity contribution in [2.24, 2.45) is 7.05 Å². The summed E-state index contributed by atoms with van der Waals surface area (Å²) in [6, 6.07) is 3.77. The van der Waals surface area contributed by atoms with Gasteiger partial charge in [-0.3, -0.25) is 9.78 Å². The maximum atomic E-state index is 13.6. The van der Waals surface area contributed by atoms with Crippen LogP contribution in [0.25, 0.3) is 10.6 Å². The highest BCUT2D eigenvalue weighted by molar-refractivity contribution is 7.89. The van der Waals surface area contributed by atoms with Gasteiger partial charge in [0.05, 0.1) is 15.5 Å². The molecule has 150 valence electrons. The van der Waals surface area contributed by atoms with Gasteiger partial charge in [-0.1, -0.05) is 0 Å². The number of aromatic amines is 1. The van der Waals surface area contributed by atoms with Crippen LogP contribution >= 0.6 is 11.3 Å². The van der Waals surface area contributed by atoms with Crippen molar-refractivity contribution in [2.75, 3.05) is 0 Å². The molecule has 0 unspecified atom stereocenters. The fourth-order valence-corrected chi connectivity index (χ4v) is 6.67. The molecule has 0 saturated heterocycles. The van der Waals surface area contributed by atoms with Gasteiger partial charge in [0, 0.05) is 41.5 Å². The molecule has 1 aliphatic rings. The lowest BCUT2D eigenvalue weighted by Gasteiger charge is -2.22. The summed E-state index contributed by atoms with van der Waals surface area (Å²) in [5, 5.41) is 11.6. The second-order valence-corrected chi connectivity index (χ2v) is 10.6. The number of hydrogen-bond donors (Lipinski definition) is 1. The zero-order chi connectivity index (χ0) is 20.2. The molecule has 0 radical (unpaired) electrons. The van der Waals surface area contributed by atoms with E-state index in [0.717, 1.165) is 50.9 Å². The summed E-state index contributed by atoms with van der Waals surface area (Å²) in [5.41, 5.74) is 4.62. The highest BCUT2D eigenvalue weighted by Crippen LogP contribution is 2.39. The fourth-order valence-electron chi connectivity index (χ4n) is 3.49. The standard InChI is InChI=1S/C19H25N5O2S2/c1-11-8-17(21-20-11)18-9-19(14(4)27-18)28(25,26)24(15-6-7-15)10-16-12(2)22-23(5)13(16)3/h8-9,15H,6-7,10H2,1-5H3,(H,20,21). The normalized spacial score (nSPS) is 14.9. The Kier molecular flexibility index (Phi) is 4.71. The molecule has 1 N–H and O–H groups in total. The number of aromatic nitrogens is 4. The van der Waals surface area contributed by atoms with Gasteiger partial charge in [-0.25, -0.2) is 8.42 Å². The summed E-state index contributed by atoms with van der Waals surface area (Å²) in [7, 11) is -1.71. The van der Waals surface area contributed by atoms with Crippen molar-refractivity contribution in [2.45, 2.75) is 58.0 Å². The molecule has 7 nitrogen and oxygen atoms in total. The van der Waals surface area contributed by atoms with Gasteiger partial charge in [-0.2, -0.15) is 14.5 Å². The lowest BCUT2D eigenvalue weighted by Crippen LogP contribution is -2.33. The van der Waals surface area contributed by atoms with Gasteiger partial charge in [-0.15, -0.1) is 11.3 Å². The smallest absolute Gasteiger partial charge is 0.244 e. The van der Waals surface area contributed by atoms with Gasteiger partial charge < -0.3 is 0 Å². The number of hydrogen-bond acceptors (Lipinski definition) is 5. The zero-order valence-corrected chi connectivity index (χ0v) is 18.4. The Balaban J connectivity index is 1.72. The van der Waals surface area contributed by atoms with E-state index in [-0.39, 0.29) is 6.04 Å². The summed E-state index contributed by atoms with van der Waals surface area (Å²) < 4.78 is 30.7. The summed E-state index contributed by atoms with van der Waals surface area (Å²) >= 11 is 1.47. The predicted molar refractivity (Wildman–Crippen MR) is 110 cm³/mol. The molecule has 3 aromatic rings. The van der Waals surface area contributed by atoms with Crippen LogP contribution < -0.4 is 0 Å². The van der Waals surface area contributed by atoms with Crippen molar-refractivity contribution >= 4 is 21.4 Å². The van der Waals surface area contributed by atoms with Crippen LogP contribution in [0.5, 0.6) is 0 Å². The minimum absolute atomic E-state index is 0.0689. The largest absolute Gasteiger partial charge is 0.282 e. The third-order valence-corrected chi connectivity index (χ3v) is 8.57. The number of nitrogens with zero attached hydrogens (tertiary/aromatic N) is 4. The Morgan fingerprint density at radius 3 is 2.50 bits per heavy atom. The van der Waals surface area contributed by atoms with Crippen LogP contribution in [0.4, 0.5) is 0 Å². The van der Waals surface area contributed by atoms with Gasteiger partial charge in [0.2, 0.25) is 10.0 Å². The third kappa shape index (κ3) is 3.31. The molecule has 9 heteroatoms. The number of aryl methyl sites for hydroxylation is 4. The number of sulfonamides is 1. The van der Waals surface area contributed by atoms with Crippen molar-refractivity contribution in [3.8, 4) is 10.6 Å². The first kappa shape index (κ1) is 19.4. The monoisotopic (exact) mass is 419 g/mol. The summed E-state index contributed by atoms with van der Waals surface area (Å²) in [6.07, 6.45) is 1.82. The Morgan fingerprint density at radius 2 is 1.96 bits per heavy atom. The van der Waals surface area contributed by atoms with E-state index in [9.17, 15) is 8.42 Å². The fraction of sp³-hybridized carbons (Fsp3) is 0.474. The Bertz CT molecular complexity index is 1140. The van der Waals surface area contributed by atoms with E-state index in [4.69, 9.17) is 0 Å². The highest BCUT2D eigenvalue weighted by Gasteiger charge is 2.40. The summed E-state index contributed by atoms with van der Waals surface area (Å²) in [5.74, 6) is 0. The molecule has 3 aromatic heterocycles. The molecular formula is C19H25N5O2S2. The van der Waals surface area contributed by atoms with E-state index >= 15 is 0 Å². The molecule has 0 atom stereocenters. The lowest BCUT2D eigenvalue weighted by molar-refractivity contribution is 0.397. The van der Waals surface area contributed by atoms with Crippen LogP contribution in [-0.4, -0.2) is 38.7 Å². The molecule has 1 aliphatic carbocycles. The maximum absolute atomic E-state index is 13.6. The zero-order valence-electron chi connectivity index (χ0n) is 16.8. The Labute approximate surface area is 169 Å². The first-order chi connectivity index (χ1) is 13.2. The average Bonchev–Trinajstić information content (AvgIpc) is 3.15. The molecule has 0 aromatic carbocycles. The van der Waals surface area contributed by atoms with E-state index < -0.39 is 10.0 Å². The van der Waals surface area contributed by atoms with Gasteiger partial charge >= 0.3 is 0 Å². The van der Waals surface area contributed by atoms with E-state index in [1.165, 1.54) is 11.3 Å². The minimum Gasteiger partial charge on any atom is -0.282 e. The van der Waals surface area contributed by atoms with Crippen molar-refractivity contribution in [1.82, 2.24) is 24.3 Å². The molecule has 0 aliphatic heterocycles. The molecule has 0 bridgehead atoms. The van der Waals surface area contributed by atoms with Crippen LogP contribution in [-0.2, 0) is 23.6 Å². The van der Waals surface area contributed by atoms with Crippen molar-refractivity contribution < 1.29 is 8.42 Å². The molecule has 1 fully saturated rings. The maximum Gasteiger partial charge on any atom is 0.244 e. The third-order valence-electron chi connectivity index (χ3n) is 5.34. The molecule has 1 saturated carbocycles. The van der Waals surface area contributed by atoms with Crippen LogP contribution in [0.15, 0.2) is 17.0 Å². The number of H-pyrrole nitrogens is 1. The first-order valence-corrected chi connectivity index (χ1v) is 11.6. The Hall–Kier alpha value is -1.97. The van der Waals surface area contributed by atoms with Crippen molar-refractivity contribution in [3.05, 3.63) is 39.7 Å². The van der Waals surface area contributed by atoms with Gasteiger partial charge in [0.15, 0.2) is 0 Å². The molecule has 3 heterocycles. The predicted octanol–water partition coefficient (Wildman–Crippen LogP) is 3.46. The second-order valence-electron chi connectivity index (χ2n) is 7.52. The lowest BCUT2D eigenvalue weighted by atomic mass is 10.2. The van der Waals surface area contributed by atoms with Crippen LogP contribution in [0, 0.1) is 27.7 Å². The second kappa shape index (κ2) is 6.82. The summed E-state index contributed by atoms with van der Waals surface area (Å²) in [4.78, 5) is 2.05. The molecule has 4 rings (SSSR count). The first-order valence-electron chi connectivity index (χ1n) is 9.32. The minimum atomic E-state index is -3.60. The van der Waals surface area contributed by atoms with Gasteiger partial charge in [0.1, 0.15) is 5.69 Å². The highest BCUT2D eigenvalue weighted by atomic mass is 32.2. The van der Waals surface area contributed by atoms with E-state index in [0.29, 0.717) is 11.4 Å². The van der Waals surface area contributed by atoms with Crippen molar-refractivity contribution in [1.29, 1.82) is 0 Å². The van der Waals surface area contributed by atoms with Crippen LogP contribution in [0.2, 0.25) is 0 Å². The van der Waals surface area contributed by atoms with Gasteiger partial charge in [-0.05, 0) is 52.7 Å². The molecule has 0 amide bonds.